The number of nitrogens with zero attached hydrogens (tertiary/aromatic N) is 1. The van der Waals surface area contributed by atoms with Gasteiger partial charge in [0.1, 0.15) is 0 Å². The summed E-state index contributed by atoms with van der Waals surface area (Å²) in [5.74, 6) is 0. The standard InChI is InChI=1S/C13H11ClN2O3S/c14-13-4-2-1-3-10(13)9-15-16-11-5-7-12(8-6-11)20(17,18)19/h1-9,16H,(H,17,18,19)/b15-9-. The molecule has 0 heterocycles. The number of rotatable bonds is 4. The van der Waals surface area contributed by atoms with Crippen LogP contribution in [0, 0.1) is 0 Å². The average Bonchev–Trinajstić information content (AvgIpc) is 2.40. The van der Waals surface area contributed by atoms with Gasteiger partial charge in [0.2, 0.25) is 0 Å². The van der Waals surface area contributed by atoms with Crippen LogP contribution in [-0.2, 0) is 10.1 Å². The molecule has 0 saturated carbocycles. The zero-order valence-corrected chi connectivity index (χ0v) is 11.8. The highest BCUT2D eigenvalue weighted by molar-refractivity contribution is 7.85. The van der Waals surface area contributed by atoms with Crippen LogP contribution in [0.3, 0.4) is 0 Å². The number of nitrogens with one attached hydrogen (secondary N) is 1. The zero-order chi connectivity index (χ0) is 14.6. The lowest BCUT2D eigenvalue weighted by molar-refractivity contribution is 0.483. The van der Waals surface area contributed by atoms with Crippen molar-refractivity contribution < 1.29 is 13.0 Å². The summed E-state index contributed by atoms with van der Waals surface area (Å²) in [7, 11) is -4.17. The molecule has 20 heavy (non-hydrogen) atoms. The first-order valence-electron chi connectivity index (χ1n) is 5.58. The summed E-state index contributed by atoms with van der Waals surface area (Å²) in [5, 5.41) is 4.58. The second-order valence-corrected chi connectivity index (χ2v) is 5.72. The molecular weight excluding hydrogens is 300 g/mol. The average molecular weight is 311 g/mol. The summed E-state index contributed by atoms with van der Waals surface area (Å²) in [5.41, 5.74) is 4.08. The van der Waals surface area contributed by atoms with E-state index in [1.54, 1.807) is 12.3 Å². The molecule has 2 N–H and O–H groups in total. The van der Waals surface area contributed by atoms with Gasteiger partial charge >= 0.3 is 0 Å². The third-order valence-corrected chi connectivity index (χ3v) is 3.67. The largest absolute Gasteiger partial charge is 0.294 e. The summed E-state index contributed by atoms with van der Waals surface area (Å²) in [6.07, 6.45) is 1.55. The molecule has 7 heteroatoms. The number of hydrogen-bond acceptors (Lipinski definition) is 4. The van der Waals surface area contributed by atoms with E-state index in [4.69, 9.17) is 16.2 Å². The lowest BCUT2D eigenvalue weighted by atomic mass is 10.2. The number of benzene rings is 2. The summed E-state index contributed by atoms with van der Waals surface area (Å²) in [4.78, 5) is -0.168. The monoisotopic (exact) mass is 310 g/mol. The topological polar surface area (TPSA) is 78.8 Å². The molecule has 0 saturated heterocycles. The molecule has 0 amide bonds. The van der Waals surface area contributed by atoms with Crippen LogP contribution in [0.1, 0.15) is 5.56 Å². The number of hydrogen-bond donors (Lipinski definition) is 2. The van der Waals surface area contributed by atoms with E-state index in [0.29, 0.717) is 10.7 Å². The quantitative estimate of drug-likeness (QED) is 0.517. The van der Waals surface area contributed by atoms with Crippen LogP contribution < -0.4 is 5.43 Å². The molecule has 2 aromatic rings. The minimum Gasteiger partial charge on any atom is -0.282 e. The number of halogens is 1. The van der Waals surface area contributed by atoms with Gasteiger partial charge in [-0.05, 0) is 30.3 Å². The zero-order valence-electron chi connectivity index (χ0n) is 10.2. The van der Waals surface area contributed by atoms with Crippen LogP contribution in [0.5, 0.6) is 0 Å². The van der Waals surface area contributed by atoms with Crippen molar-refractivity contribution in [1.82, 2.24) is 0 Å². The van der Waals surface area contributed by atoms with Crippen LogP contribution in [0.15, 0.2) is 58.5 Å². The Kier molecular flexibility index (Phi) is 4.39. The number of hydrazone groups is 1. The third-order valence-electron chi connectivity index (χ3n) is 2.45. The Morgan fingerprint density at radius 2 is 1.75 bits per heavy atom. The van der Waals surface area contributed by atoms with Gasteiger partial charge < -0.3 is 0 Å². The summed E-state index contributed by atoms with van der Waals surface area (Å²) >= 11 is 5.96. The van der Waals surface area contributed by atoms with Gasteiger partial charge in [-0.1, -0.05) is 29.8 Å². The normalized spacial score (nSPS) is 11.7. The van der Waals surface area contributed by atoms with Crippen LogP contribution in [-0.4, -0.2) is 19.2 Å². The fraction of sp³-hybridized carbons (Fsp3) is 0. The molecule has 0 radical (unpaired) electrons. The summed E-state index contributed by atoms with van der Waals surface area (Å²) in [6.45, 7) is 0. The smallest absolute Gasteiger partial charge is 0.282 e. The van der Waals surface area contributed by atoms with Crippen molar-refractivity contribution in [2.24, 2.45) is 5.10 Å². The first-order chi connectivity index (χ1) is 9.47. The molecule has 0 fully saturated rings. The van der Waals surface area contributed by atoms with E-state index in [2.05, 4.69) is 10.5 Å². The maximum atomic E-state index is 10.9. The van der Waals surface area contributed by atoms with E-state index in [1.807, 2.05) is 18.2 Å². The molecular formula is C13H11ClN2O3S. The van der Waals surface area contributed by atoms with Gasteiger partial charge in [0.15, 0.2) is 0 Å². The van der Waals surface area contributed by atoms with Gasteiger partial charge in [-0.2, -0.15) is 13.5 Å². The highest BCUT2D eigenvalue weighted by Gasteiger charge is 2.07. The molecule has 5 nitrogen and oxygen atoms in total. The second kappa shape index (κ2) is 6.04. The van der Waals surface area contributed by atoms with Gasteiger partial charge in [0.25, 0.3) is 10.1 Å². The van der Waals surface area contributed by atoms with E-state index in [9.17, 15) is 8.42 Å². The van der Waals surface area contributed by atoms with Gasteiger partial charge in [-0.3, -0.25) is 9.98 Å². The van der Waals surface area contributed by atoms with Crippen LogP contribution in [0.25, 0.3) is 0 Å². The Bertz CT molecular complexity index is 728. The highest BCUT2D eigenvalue weighted by atomic mass is 35.5. The minimum absolute atomic E-state index is 0.168. The van der Waals surface area contributed by atoms with Crippen molar-refractivity contribution in [2.45, 2.75) is 4.90 Å². The molecule has 0 bridgehead atoms. The van der Waals surface area contributed by atoms with Crippen molar-refractivity contribution in [1.29, 1.82) is 0 Å². The molecule has 2 aromatic carbocycles. The van der Waals surface area contributed by atoms with Crippen molar-refractivity contribution in [3.63, 3.8) is 0 Å². The van der Waals surface area contributed by atoms with E-state index in [1.165, 1.54) is 24.3 Å². The maximum Gasteiger partial charge on any atom is 0.294 e. The van der Waals surface area contributed by atoms with Crippen LogP contribution in [0.2, 0.25) is 5.02 Å². The molecule has 0 atom stereocenters. The minimum atomic E-state index is -4.17. The number of anilines is 1. The molecule has 0 aliphatic rings. The van der Waals surface area contributed by atoms with Crippen molar-refractivity contribution >= 4 is 33.6 Å². The van der Waals surface area contributed by atoms with Gasteiger partial charge in [0.05, 0.1) is 16.8 Å². The maximum absolute atomic E-state index is 10.9. The Balaban J connectivity index is 2.07. The molecule has 0 spiro atoms. The molecule has 0 aliphatic carbocycles. The predicted octanol–water partition coefficient (Wildman–Crippen LogP) is 3.03. The second-order valence-electron chi connectivity index (χ2n) is 3.89. The Labute approximate surface area is 121 Å². The Morgan fingerprint density at radius 1 is 1.10 bits per heavy atom. The van der Waals surface area contributed by atoms with E-state index < -0.39 is 10.1 Å². The van der Waals surface area contributed by atoms with Crippen molar-refractivity contribution in [3.8, 4) is 0 Å². The van der Waals surface area contributed by atoms with E-state index in [-0.39, 0.29) is 4.90 Å². The third kappa shape index (κ3) is 3.80. The summed E-state index contributed by atoms with van der Waals surface area (Å²) in [6, 6.07) is 12.8. The highest BCUT2D eigenvalue weighted by Crippen LogP contribution is 2.15. The van der Waals surface area contributed by atoms with Crippen molar-refractivity contribution in [3.05, 3.63) is 59.1 Å². The first-order valence-corrected chi connectivity index (χ1v) is 7.40. The van der Waals surface area contributed by atoms with Gasteiger partial charge in [-0.15, -0.1) is 0 Å². The molecule has 0 aliphatic heterocycles. The molecule has 0 aromatic heterocycles. The fourth-order valence-corrected chi connectivity index (χ4v) is 2.12. The van der Waals surface area contributed by atoms with Gasteiger partial charge in [0, 0.05) is 10.6 Å². The molecule has 104 valence electrons. The first kappa shape index (κ1) is 14.5. The Hall–Kier alpha value is -1.89. The van der Waals surface area contributed by atoms with Gasteiger partial charge in [-0.25, -0.2) is 0 Å². The SMILES string of the molecule is O=S(=O)(O)c1ccc(N/N=C\c2ccccc2Cl)cc1. The van der Waals surface area contributed by atoms with Crippen molar-refractivity contribution in [2.75, 3.05) is 5.43 Å². The summed E-state index contributed by atoms with van der Waals surface area (Å²) < 4.78 is 30.6. The lowest BCUT2D eigenvalue weighted by Crippen LogP contribution is -1.98. The van der Waals surface area contributed by atoms with E-state index >= 15 is 0 Å². The molecule has 0 unspecified atom stereocenters. The van der Waals surface area contributed by atoms with E-state index in [0.717, 1.165) is 5.56 Å². The van der Waals surface area contributed by atoms with Crippen LogP contribution in [0.4, 0.5) is 5.69 Å². The van der Waals surface area contributed by atoms with Crippen LogP contribution >= 0.6 is 11.6 Å². The predicted molar refractivity (Wildman–Crippen MR) is 78.9 cm³/mol. The Morgan fingerprint density at radius 3 is 2.35 bits per heavy atom. The lowest BCUT2D eigenvalue weighted by Gasteiger charge is -2.02. The fourth-order valence-electron chi connectivity index (χ4n) is 1.46. The molecule has 2 rings (SSSR count).